The zero-order chi connectivity index (χ0) is 14.7. The summed E-state index contributed by atoms with van der Waals surface area (Å²) in [6, 6.07) is 11.1. The lowest BCUT2D eigenvalue weighted by molar-refractivity contribution is 0.195. The van der Waals surface area contributed by atoms with E-state index in [2.05, 4.69) is 56.1 Å². The van der Waals surface area contributed by atoms with Gasteiger partial charge in [-0.3, -0.25) is 9.88 Å². The fourth-order valence-electron chi connectivity index (χ4n) is 3.10. The number of fused-ring (bicyclic) bond motifs is 1. The molecule has 0 bridgehead atoms. The number of benzene rings is 1. The lowest BCUT2D eigenvalue weighted by Gasteiger charge is -2.30. The number of halogens is 1. The number of pyridine rings is 1. The summed E-state index contributed by atoms with van der Waals surface area (Å²) >= 11 is 3.50. The van der Waals surface area contributed by atoms with Crippen molar-refractivity contribution >= 4 is 15.9 Å². The number of aryl methyl sites for hydroxylation is 1. The lowest BCUT2D eigenvalue weighted by atomic mass is 10.0. The Morgan fingerprint density at radius 1 is 1.24 bits per heavy atom. The molecular formula is C17H20BrN3. The fraction of sp³-hybridized carbons (Fsp3) is 0.353. The molecule has 21 heavy (non-hydrogen) atoms. The molecule has 1 atom stereocenters. The second-order valence-electron chi connectivity index (χ2n) is 5.53. The summed E-state index contributed by atoms with van der Waals surface area (Å²) in [4.78, 5) is 6.77. The molecule has 1 aromatic carbocycles. The number of hydrogen-bond acceptors (Lipinski definition) is 3. The van der Waals surface area contributed by atoms with Gasteiger partial charge in [-0.25, -0.2) is 0 Å². The maximum Gasteiger partial charge on any atom is 0.0489 e. The number of nitrogens with zero attached hydrogens (tertiary/aromatic N) is 2. The summed E-state index contributed by atoms with van der Waals surface area (Å²) in [6.45, 7) is 2.65. The van der Waals surface area contributed by atoms with Crippen LogP contribution in [0.25, 0.3) is 0 Å². The van der Waals surface area contributed by atoms with Crippen molar-refractivity contribution in [3.8, 4) is 0 Å². The van der Waals surface area contributed by atoms with Crippen LogP contribution < -0.4 is 5.73 Å². The van der Waals surface area contributed by atoms with E-state index in [1.807, 2.05) is 12.4 Å². The van der Waals surface area contributed by atoms with Gasteiger partial charge in [0.1, 0.15) is 0 Å². The second kappa shape index (κ2) is 6.69. The standard InChI is InChI=1S/C17H20BrN3/c18-16-8-15(10-20-11-16)17(9-19)21-7-3-6-13-4-1-2-5-14(13)12-21/h1-2,4-5,8,10-11,17H,3,6-7,9,12,19H2. The molecule has 3 nitrogen and oxygen atoms in total. The van der Waals surface area contributed by atoms with Crippen molar-refractivity contribution < 1.29 is 0 Å². The van der Waals surface area contributed by atoms with Crippen molar-refractivity contribution in [2.75, 3.05) is 13.1 Å². The van der Waals surface area contributed by atoms with E-state index in [1.54, 1.807) is 0 Å². The van der Waals surface area contributed by atoms with Gasteiger partial charge in [0.2, 0.25) is 0 Å². The minimum atomic E-state index is 0.223. The highest BCUT2D eigenvalue weighted by Crippen LogP contribution is 2.27. The normalized spacial score (nSPS) is 17.0. The Morgan fingerprint density at radius 3 is 2.81 bits per heavy atom. The Kier molecular flexibility index (Phi) is 4.68. The summed E-state index contributed by atoms with van der Waals surface area (Å²) < 4.78 is 1.01. The van der Waals surface area contributed by atoms with Crippen LogP contribution in [0.5, 0.6) is 0 Å². The molecular weight excluding hydrogens is 326 g/mol. The largest absolute Gasteiger partial charge is 0.329 e. The van der Waals surface area contributed by atoms with E-state index in [0.29, 0.717) is 6.54 Å². The number of rotatable bonds is 3. The molecule has 1 aliphatic rings. The molecule has 2 N–H and O–H groups in total. The third kappa shape index (κ3) is 3.34. The summed E-state index contributed by atoms with van der Waals surface area (Å²) in [5, 5.41) is 0. The van der Waals surface area contributed by atoms with Gasteiger partial charge in [-0.15, -0.1) is 0 Å². The summed E-state index contributed by atoms with van der Waals surface area (Å²) in [5.41, 5.74) is 10.2. The molecule has 3 rings (SSSR count). The van der Waals surface area contributed by atoms with Crippen LogP contribution >= 0.6 is 15.9 Å². The van der Waals surface area contributed by atoms with E-state index in [0.717, 1.165) is 24.0 Å². The molecule has 2 aromatic rings. The third-order valence-electron chi connectivity index (χ3n) is 4.16. The predicted molar refractivity (Wildman–Crippen MR) is 88.9 cm³/mol. The van der Waals surface area contributed by atoms with Crippen LogP contribution in [0, 0.1) is 0 Å². The monoisotopic (exact) mass is 345 g/mol. The molecule has 2 heterocycles. The van der Waals surface area contributed by atoms with E-state index in [-0.39, 0.29) is 6.04 Å². The van der Waals surface area contributed by atoms with Crippen molar-refractivity contribution in [1.82, 2.24) is 9.88 Å². The van der Waals surface area contributed by atoms with Crippen molar-refractivity contribution in [2.24, 2.45) is 5.73 Å². The highest BCUT2D eigenvalue weighted by atomic mass is 79.9. The molecule has 0 saturated heterocycles. The predicted octanol–water partition coefficient (Wildman–Crippen LogP) is 3.29. The lowest BCUT2D eigenvalue weighted by Crippen LogP contribution is -2.33. The average Bonchev–Trinajstić information content (AvgIpc) is 2.70. The quantitative estimate of drug-likeness (QED) is 0.927. The van der Waals surface area contributed by atoms with E-state index in [4.69, 9.17) is 5.73 Å². The van der Waals surface area contributed by atoms with Crippen LogP contribution in [0.4, 0.5) is 0 Å². The van der Waals surface area contributed by atoms with Gasteiger partial charge in [0.05, 0.1) is 0 Å². The Labute approximate surface area is 134 Å². The maximum absolute atomic E-state index is 6.07. The van der Waals surface area contributed by atoms with Crippen molar-refractivity contribution in [1.29, 1.82) is 0 Å². The van der Waals surface area contributed by atoms with Crippen LogP contribution in [0.15, 0.2) is 47.2 Å². The van der Waals surface area contributed by atoms with Crippen LogP contribution in [0.1, 0.15) is 29.2 Å². The third-order valence-corrected chi connectivity index (χ3v) is 4.59. The molecule has 0 spiro atoms. The SMILES string of the molecule is NCC(c1cncc(Br)c1)N1CCCc2ccccc2C1. The number of aromatic nitrogens is 1. The van der Waals surface area contributed by atoms with Gasteiger partial charge < -0.3 is 5.73 Å². The van der Waals surface area contributed by atoms with Gasteiger partial charge in [-0.05, 0) is 58.1 Å². The van der Waals surface area contributed by atoms with Gasteiger partial charge >= 0.3 is 0 Å². The topological polar surface area (TPSA) is 42.1 Å². The van der Waals surface area contributed by atoms with Crippen LogP contribution in [-0.4, -0.2) is 23.0 Å². The number of nitrogens with two attached hydrogens (primary N) is 1. The van der Waals surface area contributed by atoms with Gasteiger partial charge in [-0.1, -0.05) is 24.3 Å². The molecule has 1 aliphatic heterocycles. The highest BCUT2D eigenvalue weighted by Gasteiger charge is 2.22. The molecule has 0 fully saturated rings. The Bertz CT molecular complexity index is 614. The zero-order valence-electron chi connectivity index (χ0n) is 12.0. The molecule has 0 radical (unpaired) electrons. The fourth-order valence-corrected chi connectivity index (χ4v) is 3.48. The average molecular weight is 346 g/mol. The van der Waals surface area contributed by atoms with E-state index in [1.165, 1.54) is 23.1 Å². The van der Waals surface area contributed by atoms with Crippen LogP contribution in [-0.2, 0) is 13.0 Å². The van der Waals surface area contributed by atoms with E-state index < -0.39 is 0 Å². The van der Waals surface area contributed by atoms with Gasteiger partial charge in [0, 0.05) is 36.0 Å². The first-order valence-electron chi connectivity index (χ1n) is 7.39. The molecule has 1 aromatic heterocycles. The van der Waals surface area contributed by atoms with Gasteiger partial charge in [0.15, 0.2) is 0 Å². The molecule has 110 valence electrons. The molecule has 0 amide bonds. The Balaban J connectivity index is 1.88. The molecule has 1 unspecified atom stereocenters. The Morgan fingerprint density at radius 2 is 2.05 bits per heavy atom. The van der Waals surface area contributed by atoms with Crippen LogP contribution in [0.3, 0.4) is 0 Å². The number of hydrogen-bond donors (Lipinski definition) is 1. The first kappa shape index (κ1) is 14.7. The second-order valence-corrected chi connectivity index (χ2v) is 6.45. The summed E-state index contributed by atoms with van der Waals surface area (Å²) in [5.74, 6) is 0. The smallest absolute Gasteiger partial charge is 0.0489 e. The molecule has 4 heteroatoms. The maximum atomic E-state index is 6.07. The first-order chi connectivity index (χ1) is 10.3. The zero-order valence-corrected chi connectivity index (χ0v) is 13.6. The molecule has 0 aliphatic carbocycles. The summed E-state index contributed by atoms with van der Waals surface area (Å²) in [6.07, 6.45) is 6.07. The van der Waals surface area contributed by atoms with Crippen molar-refractivity contribution in [3.63, 3.8) is 0 Å². The minimum absolute atomic E-state index is 0.223. The Hall–Kier alpha value is -1.23. The van der Waals surface area contributed by atoms with Crippen molar-refractivity contribution in [2.45, 2.75) is 25.4 Å². The first-order valence-corrected chi connectivity index (χ1v) is 8.18. The van der Waals surface area contributed by atoms with Gasteiger partial charge in [0.25, 0.3) is 0 Å². The van der Waals surface area contributed by atoms with Crippen molar-refractivity contribution in [3.05, 3.63) is 63.9 Å². The molecule has 0 saturated carbocycles. The van der Waals surface area contributed by atoms with Crippen LogP contribution in [0.2, 0.25) is 0 Å². The highest BCUT2D eigenvalue weighted by molar-refractivity contribution is 9.10. The van der Waals surface area contributed by atoms with E-state index >= 15 is 0 Å². The summed E-state index contributed by atoms with van der Waals surface area (Å²) in [7, 11) is 0. The van der Waals surface area contributed by atoms with Gasteiger partial charge in [-0.2, -0.15) is 0 Å². The van der Waals surface area contributed by atoms with E-state index in [9.17, 15) is 0 Å². The minimum Gasteiger partial charge on any atom is -0.329 e.